The molecular weight excluding hydrogens is 460 g/mol. The second-order valence-corrected chi connectivity index (χ2v) is 12.1. The highest BCUT2D eigenvalue weighted by atomic mass is 32.2. The number of amides is 1. The van der Waals surface area contributed by atoms with Crippen molar-refractivity contribution in [2.24, 2.45) is 5.92 Å². The Morgan fingerprint density at radius 2 is 1.60 bits per heavy atom. The molecule has 0 bridgehead atoms. The molecule has 3 aliphatic rings. The van der Waals surface area contributed by atoms with Crippen LogP contribution in [0.3, 0.4) is 0 Å². The average molecular weight is 497 g/mol. The van der Waals surface area contributed by atoms with Gasteiger partial charge in [0.05, 0.1) is 18.0 Å². The van der Waals surface area contributed by atoms with Crippen molar-refractivity contribution >= 4 is 15.9 Å². The summed E-state index contributed by atoms with van der Waals surface area (Å²) in [7, 11) is -1.87. The lowest BCUT2D eigenvalue weighted by Crippen LogP contribution is -2.45. The van der Waals surface area contributed by atoms with Crippen molar-refractivity contribution < 1.29 is 17.9 Å². The van der Waals surface area contributed by atoms with Gasteiger partial charge in [0.1, 0.15) is 5.75 Å². The number of hydrogen-bond donors (Lipinski definition) is 0. The molecule has 2 heterocycles. The molecule has 5 rings (SSSR count). The molecule has 0 radical (unpaired) electrons. The summed E-state index contributed by atoms with van der Waals surface area (Å²) in [6.07, 6.45) is 8.47. The standard InChI is InChI=1S/C28H36N2O4S/c1-34-25-12-9-22(10-13-25)27-8-3-2-4-17-30(27)28(31)23-15-18-29(19-16-23)35(32,33)26-14-11-21-6-5-7-24(21)20-26/h9-14,20,23,27H,2-8,15-19H2,1H3/t27-/m1/s1. The Morgan fingerprint density at radius 1 is 0.857 bits per heavy atom. The first-order valence-corrected chi connectivity index (χ1v) is 14.5. The van der Waals surface area contributed by atoms with E-state index in [2.05, 4.69) is 17.0 Å². The molecule has 1 amide bonds. The van der Waals surface area contributed by atoms with E-state index < -0.39 is 10.0 Å². The number of nitrogens with zero attached hydrogens (tertiary/aromatic N) is 2. The van der Waals surface area contributed by atoms with Crippen LogP contribution in [0.1, 0.15) is 67.7 Å². The van der Waals surface area contributed by atoms with E-state index in [0.717, 1.165) is 62.8 Å². The average Bonchev–Trinajstić information content (AvgIpc) is 3.23. The number of sulfonamides is 1. The minimum Gasteiger partial charge on any atom is -0.497 e. The van der Waals surface area contributed by atoms with Crippen LogP contribution in [0, 0.1) is 5.92 Å². The molecule has 0 saturated carbocycles. The molecule has 188 valence electrons. The lowest BCUT2D eigenvalue weighted by Gasteiger charge is -2.37. The number of aryl methyl sites for hydroxylation is 2. The molecule has 6 nitrogen and oxygen atoms in total. The van der Waals surface area contributed by atoms with Crippen molar-refractivity contribution in [3.05, 3.63) is 59.2 Å². The largest absolute Gasteiger partial charge is 0.497 e. The van der Waals surface area contributed by atoms with E-state index in [0.29, 0.717) is 30.8 Å². The monoisotopic (exact) mass is 496 g/mol. The van der Waals surface area contributed by atoms with Crippen LogP contribution in [0.25, 0.3) is 0 Å². The van der Waals surface area contributed by atoms with Gasteiger partial charge in [0, 0.05) is 25.6 Å². The highest BCUT2D eigenvalue weighted by Crippen LogP contribution is 2.35. The van der Waals surface area contributed by atoms with Crippen molar-refractivity contribution in [3.63, 3.8) is 0 Å². The summed E-state index contributed by atoms with van der Waals surface area (Å²) in [5.74, 6) is 0.875. The molecule has 0 N–H and O–H groups in total. The van der Waals surface area contributed by atoms with Gasteiger partial charge in [0.2, 0.25) is 15.9 Å². The van der Waals surface area contributed by atoms with E-state index in [1.54, 1.807) is 17.5 Å². The smallest absolute Gasteiger partial charge is 0.243 e. The summed E-state index contributed by atoms with van der Waals surface area (Å²) in [5.41, 5.74) is 3.59. The summed E-state index contributed by atoms with van der Waals surface area (Å²) in [4.78, 5) is 16.2. The Balaban J connectivity index is 1.27. The zero-order valence-electron chi connectivity index (χ0n) is 20.6. The highest BCUT2D eigenvalue weighted by molar-refractivity contribution is 7.89. The second kappa shape index (κ2) is 10.3. The third-order valence-corrected chi connectivity index (χ3v) is 9.94. The molecule has 1 aliphatic carbocycles. The maximum absolute atomic E-state index is 13.7. The lowest BCUT2D eigenvalue weighted by molar-refractivity contribution is -0.139. The van der Waals surface area contributed by atoms with Crippen molar-refractivity contribution in [2.45, 2.75) is 68.7 Å². The Labute approximate surface area is 209 Å². The van der Waals surface area contributed by atoms with Crippen LogP contribution in [0.15, 0.2) is 47.4 Å². The number of carbonyl (C=O) groups excluding carboxylic acids is 1. The summed E-state index contributed by atoms with van der Waals surface area (Å²) in [5, 5.41) is 0. The van der Waals surface area contributed by atoms with Gasteiger partial charge in [-0.2, -0.15) is 4.31 Å². The number of hydrogen-bond acceptors (Lipinski definition) is 4. The summed E-state index contributed by atoms with van der Waals surface area (Å²) >= 11 is 0. The van der Waals surface area contributed by atoms with E-state index in [-0.39, 0.29) is 17.9 Å². The molecule has 1 atom stereocenters. The van der Waals surface area contributed by atoms with Gasteiger partial charge in [-0.15, -0.1) is 0 Å². The number of rotatable bonds is 5. The van der Waals surface area contributed by atoms with Gasteiger partial charge in [-0.25, -0.2) is 8.42 Å². The van der Waals surface area contributed by atoms with Crippen LogP contribution in [0.4, 0.5) is 0 Å². The van der Waals surface area contributed by atoms with Gasteiger partial charge < -0.3 is 9.64 Å². The summed E-state index contributed by atoms with van der Waals surface area (Å²) < 4.78 is 33.5. The van der Waals surface area contributed by atoms with E-state index in [9.17, 15) is 13.2 Å². The number of carbonyl (C=O) groups is 1. The normalized spacial score (nSPS) is 22.0. The van der Waals surface area contributed by atoms with Gasteiger partial charge in [0.25, 0.3) is 0 Å². The van der Waals surface area contributed by atoms with Crippen LogP contribution in [0.2, 0.25) is 0 Å². The SMILES string of the molecule is COc1ccc([C@H]2CCCCCN2C(=O)C2CCN(S(=O)(=O)c3ccc4c(c3)CCC4)CC2)cc1. The van der Waals surface area contributed by atoms with Gasteiger partial charge in [-0.3, -0.25) is 4.79 Å². The van der Waals surface area contributed by atoms with Crippen LogP contribution in [-0.2, 0) is 27.7 Å². The Kier molecular flexibility index (Phi) is 7.17. The quantitative estimate of drug-likeness (QED) is 0.600. The van der Waals surface area contributed by atoms with E-state index in [1.165, 1.54) is 11.1 Å². The van der Waals surface area contributed by atoms with Crippen LogP contribution in [-0.4, -0.2) is 50.3 Å². The highest BCUT2D eigenvalue weighted by Gasteiger charge is 2.36. The predicted octanol–water partition coefficient (Wildman–Crippen LogP) is 4.73. The maximum atomic E-state index is 13.7. The molecule has 2 aromatic carbocycles. The molecule has 0 unspecified atom stereocenters. The molecule has 0 spiro atoms. The zero-order chi connectivity index (χ0) is 24.4. The maximum Gasteiger partial charge on any atom is 0.243 e. The number of piperidine rings is 1. The topological polar surface area (TPSA) is 66.9 Å². The Bertz CT molecular complexity index is 1150. The Morgan fingerprint density at radius 3 is 2.34 bits per heavy atom. The number of likely N-dealkylation sites (tertiary alicyclic amines) is 1. The first kappa shape index (κ1) is 24.3. The van der Waals surface area contributed by atoms with Crippen LogP contribution in [0.5, 0.6) is 5.75 Å². The predicted molar refractivity (Wildman–Crippen MR) is 136 cm³/mol. The number of methoxy groups -OCH3 is 1. The number of benzene rings is 2. The van der Waals surface area contributed by atoms with Gasteiger partial charge >= 0.3 is 0 Å². The zero-order valence-corrected chi connectivity index (χ0v) is 21.4. The Hall–Kier alpha value is -2.38. The second-order valence-electron chi connectivity index (χ2n) is 10.1. The van der Waals surface area contributed by atoms with E-state index in [1.807, 2.05) is 24.3 Å². The molecule has 2 fully saturated rings. The van der Waals surface area contributed by atoms with E-state index >= 15 is 0 Å². The van der Waals surface area contributed by atoms with Crippen molar-refractivity contribution in [1.29, 1.82) is 0 Å². The third-order valence-electron chi connectivity index (χ3n) is 8.05. The molecule has 7 heteroatoms. The minimum atomic E-state index is -3.53. The fraction of sp³-hybridized carbons (Fsp3) is 0.536. The molecule has 35 heavy (non-hydrogen) atoms. The van der Waals surface area contributed by atoms with Crippen molar-refractivity contribution in [2.75, 3.05) is 26.7 Å². The van der Waals surface area contributed by atoms with Gasteiger partial charge in [0.15, 0.2) is 0 Å². The summed E-state index contributed by atoms with van der Waals surface area (Å²) in [6.45, 7) is 1.57. The fourth-order valence-corrected chi connectivity index (χ4v) is 7.50. The number of ether oxygens (including phenoxy) is 1. The molecule has 2 aromatic rings. The first-order valence-electron chi connectivity index (χ1n) is 13.0. The van der Waals surface area contributed by atoms with Crippen LogP contribution >= 0.6 is 0 Å². The fourth-order valence-electron chi connectivity index (χ4n) is 5.98. The minimum absolute atomic E-state index is 0.0732. The molecule has 0 aromatic heterocycles. The number of fused-ring (bicyclic) bond motifs is 1. The van der Waals surface area contributed by atoms with Crippen molar-refractivity contribution in [3.8, 4) is 5.75 Å². The molecule has 2 saturated heterocycles. The van der Waals surface area contributed by atoms with Crippen LogP contribution < -0.4 is 4.74 Å². The first-order chi connectivity index (χ1) is 17.0. The molecular formula is C28H36N2O4S. The lowest BCUT2D eigenvalue weighted by atomic mass is 9.94. The van der Waals surface area contributed by atoms with Crippen molar-refractivity contribution in [1.82, 2.24) is 9.21 Å². The van der Waals surface area contributed by atoms with Gasteiger partial charge in [-0.05, 0) is 85.9 Å². The summed E-state index contributed by atoms with van der Waals surface area (Å²) in [6, 6.07) is 13.7. The third kappa shape index (κ3) is 4.98. The van der Waals surface area contributed by atoms with Gasteiger partial charge in [-0.1, -0.05) is 31.0 Å². The van der Waals surface area contributed by atoms with E-state index in [4.69, 9.17) is 4.74 Å². The molecule has 2 aliphatic heterocycles.